The largest absolute Gasteiger partial charge is 0.444 e. The predicted molar refractivity (Wildman–Crippen MR) is 75.9 cm³/mol. The van der Waals surface area contributed by atoms with Crippen molar-refractivity contribution >= 4 is 21.8 Å². The molecule has 0 aliphatic rings. The van der Waals surface area contributed by atoms with Gasteiger partial charge in [0.1, 0.15) is 5.76 Å². The van der Waals surface area contributed by atoms with Crippen LogP contribution in [0.5, 0.6) is 0 Å². The van der Waals surface area contributed by atoms with Gasteiger partial charge in [-0.25, -0.2) is 4.98 Å². The molecule has 1 amide bonds. The molecule has 19 heavy (non-hydrogen) atoms. The van der Waals surface area contributed by atoms with Crippen LogP contribution >= 0.6 is 15.9 Å². The van der Waals surface area contributed by atoms with E-state index in [1.807, 2.05) is 26.0 Å². The number of aromatic nitrogens is 1. The minimum Gasteiger partial charge on any atom is -0.444 e. The summed E-state index contributed by atoms with van der Waals surface area (Å²) in [6, 6.07) is 5.58. The highest BCUT2D eigenvalue weighted by molar-refractivity contribution is 9.10. The summed E-state index contributed by atoms with van der Waals surface area (Å²) in [5, 5.41) is 2.80. The lowest BCUT2D eigenvalue weighted by Crippen LogP contribution is -2.23. The van der Waals surface area contributed by atoms with Gasteiger partial charge < -0.3 is 9.73 Å². The number of benzene rings is 1. The minimum absolute atomic E-state index is 0.146. The number of halogens is 1. The number of carbonyl (C=O) groups excluding carboxylic acids is 1. The summed E-state index contributed by atoms with van der Waals surface area (Å²) < 4.78 is 6.25. The van der Waals surface area contributed by atoms with Gasteiger partial charge in [0.2, 0.25) is 5.89 Å². The molecule has 0 saturated carbocycles. The molecule has 0 fully saturated rings. The Labute approximate surface area is 120 Å². The minimum atomic E-state index is -0.146. The van der Waals surface area contributed by atoms with Gasteiger partial charge in [-0.15, -0.1) is 0 Å². The molecule has 2 aromatic rings. The maximum Gasteiger partial charge on any atom is 0.252 e. The molecule has 1 heterocycles. The Morgan fingerprint density at radius 3 is 2.95 bits per heavy atom. The molecule has 0 bridgehead atoms. The number of rotatable bonds is 4. The second-order valence-corrected chi connectivity index (χ2v) is 4.99. The molecule has 0 atom stereocenters. The molecule has 5 heteroatoms. The zero-order valence-electron chi connectivity index (χ0n) is 10.9. The van der Waals surface area contributed by atoms with Crippen LogP contribution in [0.4, 0.5) is 0 Å². The summed E-state index contributed by atoms with van der Waals surface area (Å²) in [6.07, 6.45) is 2.48. The van der Waals surface area contributed by atoms with Gasteiger partial charge in [-0.05, 0) is 34.5 Å². The average molecular weight is 323 g/mol. The molecule has 1 aromatic heterocycles. The molecule has 100 valence electrons. The zero-order valence-corrected chi connectivity index (χ0v) is 12.5. The Morgan fingerprint density at radius 2 is 2.26 bits per heavy atom. The first kappa shape index (κ1) is 13.8. The first-order valence-electron chi connectivity index (χ1n) is 6.08. The Balaban J connectivity index is 2.03. The van der Waals surface area contributed by atoms with E-state index in [0.29, 0.717) is 18.0 Å². The molecule has 0 unspecified atom stereocenters. The van der Waals surface area contributed by atoms with E-state index >= 15 is 0 Å². The van der Waals surface area contributed by atoms with Crippen molar-refractivity contribution in [3.8, 4) is 0 Å². The predicted octanol–water partition coefficient (Wildman–Crippen LogP) is 3.24. The Hall–Kier alpha value is -1.62. The van der Waals surface area contributed by atoms with Gasteiger partial charge in [0.25, 0.3) is 5.91 Å². The first-order valence-corrected chi connectivity index (χ1v) is 6.88. The fourth-order valence-electron chi connectivity index (χ4n) is 1.67. The van der Waals surface area contributed by atoms with Crippen molar-refractivity contribution in [1.29, 1.82) is 0 Å². The summed E-state index contributed by atoms with van der Waals surface area (Å²) >= 11 is 3.42. The summed E-state index contributed by atoms with van der Waals surface area (Å²) in [6.45, 7) is 4.23. The van der Waals surface area contributed by atoms with Crippen LogP contribution in [0.2, 0.25) is 0 Å². The van der Waals surface area contributed by atoms with Crippen molar-refractivity contribution in [1.82, 2.24) is 10.3 Å². The Morgan fingerprint density at radius 1 is 1.47 bits per heavy atom. The SMILES string of the molecule is CCc1cnc(CNC(=O)c2cccc(C)c2Br)o1. The van der Waals surface area contributed by atoms with Crippen molar-refractivity contribution in [3.63, 3.8) is 0 Å². The lowest BCUT2D eigenvalue weighted by atomic mass is 10.1. The molecular weight excluding hydrogens is 308 g/mol. The van der Waals surface area contributed by atoms with Crippen LogP contribution in [0, 0.1) is 6.92 Å². The van der Waals surface area contributed by atoms with E-state index in [1.54, 1.807) is 12.3 Å². The fourth-order valence-corrected chi connectivity index (χ4v) is 2.11. The summed E-state index contributed by atoms with van der Waals surface area (Å²) in [4.78, 5) is 16.2. The smallest absolute Gasteiger partial charge is 0.252 e. The number of oxazole rings is 1. The van der Waals surface area contributed by atoms with Crippen LogP contribution in [0.25, 0.3) is 0 Å². The fraction of sp³-hybridized carbons (Fsp3) is 0.286. The third kappa shape index (κ3) is 3.23. The molecule has 1 aromatic carbocycles. The normalized spacial score (nSPS) is 10.5. The molecular formula is C14H15BrN2O2. The molecule has 2 rings (SSSR count). The van der Waals surface area contributed by atoms with Crippen molar-refractivity contribution in [2.45, 2.75) is 26.8 Å². The number of amides is 1. The number of hydrogen-bond donors (Lipinski definition) is 1. The molecule has 0 saturated heterocycles. The topological polar surface area (TPSA) is 55.1 Å². The maximum atomic E-state index is 12.1. The van der Waals surface area contributed by atoms with Gasteiger partial charge in [-0.1, -0.05) is 19.1 Å². The first-order chi connectivity index (χ1) is 9.11. The summed E-state index contributed by atoms with van der Waals surface area (Å²) in [5.74, 6) is 1.20. The van der Waals surface area contributed by atoms with Gasteiger partial charge in [0.05, 0.1) is 18.3 Å². The van der Waals surface area contributed by atoms with Crippen molar-refractivity contribution in [3.05, 3.63) is 51.6 Å². The number of carbonyl (C=O) groups is 1. The van der Waals surface area contributed by atoms with Crippen molar-refractivity contribution < 1.29 is 9.21 Å². The zero-order chi connectivity index (χ0) is 13.8. The number of hydrogen-bond acceptors (Lipinski definition) is 3. The summed E-state index contributed by atoms with van der Waals surface area (Å²) in [5.41, 5.74) is 1.64. The maximum absolute atomic E-state index is 12.1. The molecule has 1 N–H and O–H groups in total. The van der Waals surface area contributed by atoms with E-state index in [0.717, 1.165) is 22.2 Å². The number of nitrogens with zero attached hydrogens (tertiary/aromatic N) is 1. The van der Waals surface area contributed by atoms with E-state index < -0.39 is 0 Å². The number of aryl methyl sites for hydroxylation is 2. The second-order valence-electron chi connectivity index (χ2n) is 4.19. The molecule has 4 nitrogen and oxygen atoms in total. The third-order valence-electron chi connectivity index (χ3n) is 2.79. The van der Waals surface area contributed by atoms with Crippen molar-refractivity contribution in [2.24, 2.45) is 0 Å². The van der Waals surface area contributed by atoms with E-state index in [4.69, 9.17) is 4.42 Å². The second kappa shape index (κ2) is 6.02. The Kier molecular flexibility index (Phi) is 4.37. The van der Waals surface area contributed by atoms with Gasteiger partial charge in [0.15, 0.2) is 0 Å². The highest BCUT2D eigenvalue weighted by Gasteiger charge is 2.12. The van der Waals surface area contributed by atoms with Crippen LogP contribution in [0.3, 0.4) is 0 Å². The Bertz CT molecular complexity index is 593. The van der Waals surface area contributed by atoms with Gasteiger partial charge in [0, 0.05) is 10.9 Å². The molecule has 0 aliphatic heterocycles. The summed E-state index contributed by atoms with van der Waals surface area (Å²) in [7, 11) is 0. The third-order valence-corrected chi connectivity index (χ3v) is 3.84. The number of nitrogens with one attached hydrogen (secondary N) is 1. The van der Waals surface area contributed by atoms with E-state index in [-0.39, 0.29) is 5.91 Å². The van der Waals surface area contributed by atoms with E-state index in [9.17, 15) is 4.79 Å². The van der Waals surface area contributed by atoms with Crippen LogP contribution in [-0.2, 0) is 13.0 Å². The lowest BCUT2D eigenvalue weighted by Gasteiger charge is -2.06. The van der Waals surface area contributed by atoms with Crippen LogP contribution in [-0.4, -0.2) is 10.9 Å². The monoisotopic (exact) mass is 322 g/mol. The standard InChI is InChI=1S/C14H15BrN2O2/c1-3-10-7-16-12(19-10)8-17-14(18)11-6-4-5-9(2)13(11)15/h4-7H,3,8H2,1-2H3,(H,17,18). The van der Waals surface area contributed by atoms with Crippen molar-refractivity contribution in [2.75, 3.05) is 0 Å². The highest BCUT2D eigenvalue weighted by atomic mass is 79.9. The van der Waals surface area contributed by atoms with Crippen LogP contribution in [0.15, 0.2) is 33.3 Å². The lowest BCUT2D eigenvalue weighted by molar-refractivity contribution is 0.0946. The molecule has 0 spiro atoms. The van der Waals surface area contributed by atoms with Gasteiger partial charge in [-0.3, -0.25) is 4.79 Å². The quantitative estimate of drug-likeness (QED) is 0.940. The highest BCUT2D eigenvalue weighted by Crippen LogP contribution is 2.20. The molecule has 0 aliphatic carbocycles. The van der Waals surface area contributed by atoms with E-state index in [2.05, 4.69) is 26.2 Å². The van der Waals surface area contributed by atoms with Gasteiger partial charge in [-0.2, -0.15) is 0 Å². The van der Waals surface area contributed by atoms with Crippen LogP contribution in [0.1, 0.15) is 34.5 Å². The van der Waals surface area contributed by atoms with Gasteiger partial charge >= 0.3 is 0 Å². The van der Waals surface area contributed by atoms with E-state index in [1.165, 1.54) is 0 Å². The average Bonchev–Trinajstić information content (AvgIpc) is 2.87. The van der Waals surface area contributed by atoms with Crippen LogP contribution < -0.4 is 5.32 Å². The molecule has 0 radical (unpaired) electrons.